The highest BCUT2D eigenvalue weighted by molar-refractivity contribution is 6.30. The Hall–Kier alpha value is -1.11. The molecule has 1 aliphatic heterocycles. The van der Waals surface area contributed by atoms with Crippen molar-refractivity contribution in [3.8, 4) is 0 Å². The summed E-state index contributed by atoms with van der Waals surface area (Å²) in [7, 11) is 0. The van der Waals surface area contributed by atoms with Gasteiger partial charge in [0.25, 0.3) is 5.56 Å². The molecule has 0 amide bonds. The van der Waals surface area contributed by atoms with Gasteiger partial charge in [-0.15, -0.1) is 0 Å². The van der Waals surface area contributed by atoms with E-state index in [4.69, 9.17) is 21.4 Å². The number of aromatic amines is 1. The second kappa shape index (κ2) is 4.40. The van der Waals surface area contributed by atoms with E-state index in [0.717, 1.165) is 0 Å². The molecule has 7 heteroatoms. The van der Waals surface area contributed by atoms with Crippen LogP contribution in [0.25, 0.3) is 0 Å². The molecular weight excluding hydrogens is 236 g/mol. The summed E-state index contributed by atoms with van der Waals surface area (Å²) in [6.07, 6.45) is 1.80. The second-order valence-electron chi connectivity index (χ2n) is 3.62. The van der Waals surface area contributed by atoms with Crippen LogP contribution in [0.2, 0.25) is 5.02 Å². The number of hydrogen-bond donors (Lipinski definition) is 2. The molecule has 1 aliphatic rings. The van der Waals surface area contributed by atoms with Gasteiger partial charge in [0.1, 0.15) is 11.3 Å². The molecule has 0 radical (unpaired) electrons. The van der Waals surface area contributed by atoms with Crippen LogP contribution in [-0.4, -0.2) is 27.4 Å². The fraction of sp³-hybridized carbons (Fsp3) is 0.556. The van der Waals surface area contributed by atoms with E-state index in [0.29, 0.717) is 12.8 Å². The average Bonchev–Trinajstić information content (AvgIpc) is 2.71. The van der Waals surface area contributed by atoms with E-state index in [-0.39, 0.29) is 17.7 Å². The Kier molecular flexibility index (Phi) is 3.13. The summed E-state index contributed by atoms with van der Waals surface area (Å²) < 4.78 is 6.64. The first-order valence-corrected chi connectivity index (χ1v) is 5.27. The maximum absolute atomic E-state index is 11.5. The topological polar surface area (TPSA) is 84.3 Å². The summed E-state index contributed by atoms with van der Waals surface area (Å²) >= 11 is 5.63. The van der Waals surface area contributed by atoms with Crippen LogP contribution in [0.3, 0.4) is 0 Å². The third kappa shape index (κ3) is 2.04. The van der Waals surface area contributed by atoms with Crippen molar-refractivity contribution in [2.75, 3.05) is 6.61 Å². The van der Waals surface area contributed by atoms with E-state index in [1.54, 1.807) is 0 Å². The molecular formula is C9H11ClN2O4. The zero-order valence-corrected chi connectivity index (χ0v) is 9.11. The minimum Gasteiger partial charge on any atom is -0.394 e. The monoisotopic (exact) mass is 246 g/mol. The molecule has 2 rings (SSSR count). The Morgan fingerprint density at radius 2 is 2.31 bits per heavy atom. The van der Waals surface area contributed by atoms with Gasteiger partial charge in [-0.1, -0.05) is 11.6 Å². The van der Waals surface area contributed by atoms with Gasteiger partial charge in [0, 0.05) is 6.20 Å². The fourth-order valence-electron chi connectivity index (χ4n) is 1.70. The fourth-order valence-corrected chi connectivity index (χ4v) is 1.85. The first-order chi connectivity index (χ1) is 7.61. The molecule has 1 fully saturated rings. The van der Waals surface area contributed by atoms with Crippen LogP contribution in [0.15, 0.2) is 15.8 Å². The van der Waals surface area contributed by atoms with E-state index < -0.39 is 17.5 Å². The lowest BCUT2D eigenvalue weighted by Gasteiger charge is -2.14. The molecule has 88 valence electrons. The number of nitrogens with one attached hydrogen (secondary N) is 1. The van der Waals surface area contributed by atoms with Crippen LogP contribution in [0.1, 0.15) is 19.1 Å². The van der Waals surface area contributed by atoms with Crippen LogP contribution in [0, 0.1) is 0 Å². The number of aliphatic hydroxyl groups is 1. The first-order valence-electron chi connectivity index (χ1n) is 4.89. The Balaban J connectivity index is 2.32. The number of H-pyrrole nitrogens is 1. The summed E-state index contributed by atoms with van der Waals surface area (Å²) in [6, 6.07) is 0. The van der Waals surface area contributed by atoms with Crippen molar-refractivity contribution in [3.05, 3.63) is 32.1 Å². The minimum absolute atomic E-state index is 0.0596. The molecule has 0 aliphatic carbocycles. The van der Waals surface area contributed by atoms with Crippen molar-refractivity contribution >= 4 is 11.6 Å². The normalized spacial score (nSPS) is 24.9. The molecule has 1 aromatic rings. The van der Waals surface area contributed by atoms with Gasteiger partial charge in [-0.25, -0.2) is 4.79 Å². The van der Waals surface area contributed by atoms with Gasteiger partial charge in [0.2, 0.25) is 0 Å². The molecule has 1 saturated heterocycles. The molecule has 0 saturated carbocycles. The molecule has 2 N–H and O–H groups in total. The summed E-state index contributed by atoms with van der Waals surface area (Å²) in [5.41, 5.74) is -1.17. The zero-order valence-electron chi connectivity index (χ0n) is 8.35. The predicted molar refractivity (Wildman–Crippen MR) is 56.6 cm³/mol. The summed E-state index contributed by atoms with van der Waals surface area (Å²) in [6.45, 7) is -0.0810. The quantitative estimate of drug-likeness (QED) is 0.761. The van der Waals surface area contributed by atoms with E-state index in [2.05, 4.69) is 4.98 Å². The van der Waals surface area contributed by atoms with Gasteiger partial charge >= 0.3 is 5.69 Å². The van der Waals surface area contributed by atoms with Gasteiger partial charge < -0.3 is 9.84 Å². The number of ether oxygens (including phenoxy) is 1. The summed E-state index contributed by atoms with van der Waals surface area (Å²) in [4.78, 5) is 24.6. The number of nitrogens with zero attached hydrogens (tertiary/aromatic N) is 1. The standard InChI is InChI=1S/C9H11ClN2O4/c10-6-3-12(9(15)11-8(6)14)7-2-1-5(4-13)16-7/h3,5,7,13H,1-2,4H2,(H,11,14,15)/t5-,7+/m1/s1. The van der Waals surface area contributed by atoms with Gasteiger partial charge in [0.05, 0.1) is 12.7 Å². The smallest absolute Gasteiger partial charge is 0.330 e. The van der Waals surface area contributed by atoms with E-state index in [1.807, 2.05) is 0 Å². The van der Waals surface area contributed by atoms with Gasteiger partial charge in [-0.05, 0) is 12.8 Å². The molecule has 0 aromatic carbocycles. The van der Waals surface area contributed by atoms with Crippen LogP contribution < -0.4 is 11.2 Å². The number of rotatable bonds is 2. The molecule has 0 unspecified atom stereocenters. The molecule has 2 atom stereocenters. The van der Waals surface area contributed by atoms with E-state index >= 15 is 0 Å². The third-order valence-corrected chi connectivity index (χ3v) is 2.79. The lowest BCUT2D eigenvalue weighted by molar-refractivity contribution is -0.0246. The molecule has 0 spiro atoms. The lowest BCUT2D eigenvalue weighted by Crippen LogP contribution is -2.32. The highest BCUT2D eigenvalue weighted by Crippen LogP contribution is 2.26. The zero-order chi connectivity index (χ0) is 11.7. The molecule has 2 heterocycles. The van der Waals surface area contributed by atoms with Crippen molar-refractivity contribution in [1.29, 1.82) is 0 Å². The van der Waals surface area contributed by atoms with Crippen LogP contribution >= 0.6 is 11.6 Å². The number of aromatic nitrogens is 2. The first kappa shape index (κ1) is 11.4. The second-order valence-corrected chi connectivity index (χ2v) is 4.02. The van der Waals surface area contributed by atoms with Crippen LogP contribution in [0.4, 0.5) is 0 Å². The Morgan fingerprint density at radius 3 is 2.94 bits per heavy atom. The van der Waals surface area contributed by atoms with Crippen LogP contribution in [-0.2, 0) is 4.74 Å². The summed E-state index contributed by atoms with van der Waals surface area (Å²) in [5, 5.41) is 8.84. The number of hydrogen-bond acceptors (Lipinski definition) is 4. The lowest BCUT2D eigenvalue weighted by atomic mass is 10.2. The maximum Gasteiger partial charge on any atom is 0.330 e. The molecule has 0 bridgehead atoms. The van der Waals surface area contributed by atoms with Crippen molar-refractivity contribution < 1.29 is 9.84 Å². The highest BCUT2D eigenvalue weighted by Gasteiger charge is 2.26. The van der Waals surface area contributed by atoms with Gasteiger partial charge in [-0.2, -0.15) is 0 Å². The number of halogens is 1. The molecule has 16 heavy (non-hydrogen) atoms. The number of aliphatic hydroxyl groups excluding tert-OH is 1. The average molecular weight is 247 g/mol. The van der Waals surface area contributed by atoms with Gasteiger partial charge in [-0.3, -0.25) is 14.3 Å². The van der Waals surface area contributed by atoms with E-state index in [1.165, 1.54) is 10.8 Å². The van der Waals surface area contributed by atoms with Crippen molar-refractivity contribution in [1.82, 2.24) is 9.55 Å². The SMILES string of the molecule is O=c1[nH]c(=O)n([C@@H]2CC[C@H](CO)O2)cc1Cl. The highest BCUT2D eigenvalue weighted by atomic mass is 35.5. The van der Waals surface area contributed by atoms with Crippen molar-refractivity contribution in [2.45, 2.75) is 25.2 Å². The largest absolute Gasteiger partial charge is 0.394 e. The molecule has 1 aromatic heterocycles. The van der Waals surface area contributed by atoms with Gasteiger partial charge in [0.15, 0.2) is 0 Å². The van der Waals surface area contributed by atoms with Crippen molar-refractivity contribution in [3.63, 3.8) is 0 Å². The molecule has 6 nitrogen and oxygen atoms in total. The summed E-state index contributed by atoms with van der Waals surface area (Å²) in [5.74, 6) is 0. The Labute approximate surface area is 95.4 Å². The Bertz CT molecular complexity index is 495. The van der Waals surface area contributed by atoms with Crippen molar-refractivity contribution in [2.24, 2.45) is 0 Å². The maximum atomic E-state index is 11.5. The Morgan fingerprint density at radius 1 is 1.56 bits per heavy atom. The van der Waals surface area contributed by atoms with E-state index in [9.17, 15) is 9.59 Å². The predicted octanol–water partition coefficient (Wildman–Crippen LogP) is -0.140. The van der Waals surface area contributed by atoms with Crippen LogP contribution in [0.5, 0.6) is 0 Å². The minimum atomic E-state index is -0.611. The third-order valence-electron chi connectivity index (χ3n) is 2.52.